The fraction of sp³-hybridized carbons (Fsp3) is 0.417. The molecule has 2 N–H and O–H groups in total. The van der Waals surface area contributed by atoms with Crippen molar-refractivity contribution in [2.45, 2.75) is 19.8 Å². The molecule has 104 valence electrons. The summed E-state index contributed by atoms with van der Waals surface area (Å²) in [6.07, 6.45) is 0.885. The van der Waals surface area contributed by atoms with Crippen LogP contribution in [0.5, 0.6) is 0 Å². The number of nitrogens with zero attached hydrogens (tertiary/aromatic N) is 1. The van der Waals surface area contributed by atoms with Gasteiger partial charge >= 0.3 is 5.97 Å². The molecule has 0 aromatic heterocycles. The van der Waals surface area contributed by atoms with E-state index < -0.39 is 10.9 Å². The lowest BCUT2D eigenvalue weighted by atomic mass is 10.0. The van der Waals surface area contributed by atoms with Crippen LogP contribution in [0, 0.1) is 19.6 Å². The molecule has 19 heavy (non-hydrogen) atoms. The molecule has 1 aromatic rings. The van der Waals surface area contributed by atoms with Crippen LogP contribution in [0.2, 0.25) is 0 Å². The van der Waals surface area contributed by atoms with Gasteiger partial charge in [0, 0.05) is 34.4 Å². The number of carboxylic acids is 1. The molecule has 0 bridgehead atoms. The van der Waals surface area contributed by atoms with Gasteiger partial charge in [-0.15, -0.1) is 0 Å². The summed E-state index contributed by atoms with van der Waals surface area (Å²) >= 11 is 2.02. The van der Waals surface area contributed by atoms with Crippen molar-refractivity contribution in [2.75, 3.05) is 11.9 Å². The molecule has 1 unspecified atom stereocenters. The minimum Gasteiger partial charge on any atom is -0.481 e. The summed E-state index contributed by atoms with van der Waals surface area (Å²) < 4.78 is 0.747. The zero-order valence-electron chi connectivity index (χ0n) is 10.4. The second kappa shape index (κ2) is 7.27. The van der Waals surface area contributed by atoms with Crippen LogP contribution in [0.3, 0.4) is 0 Å². The van der Waals surface area contributed by atoms with Crippen molar-refractivity contribution < 1.29 is 14.8 Å². The SMILES string of the molecule is CCC(CNc1ccc([N+](=O)[O-])cc1I)CC(=O)O. The summed E-state index contributed by atoms with van der Waals surface area (Å²) in [4.78, 5) is 20.8. The fourth-order valence-corrected chi connectivity index (χ4v) is 2.31. The zero-order chi connectivity index (χ0) is 14.4. The molecule has 0 aliphatic carbocycles. The lowest BCUT2D eigenvalue weighted by molar-refractivity contribution is -0.384. The molecule has 0 amide bonds. The molecule has 0 spiro atoms. The summed E-state index contributed by atoms with van der Waals surface area (Å²) in [5.74, 6) is -0.768. The number of aliphatic carboxylic acids is 1. The Morgan fingerprint density at radius 3 is 2.74 bits per heavy atom. The van der Waals surface area contributed by atoms with Crippen LogP contribution in [-0.4, -0.2) is 22.5 Å². The first kappa shape index (κ1) is 15.7. The van der Waals surface area contributed by atoms with Gasteiger partial charge in [0.05, 0.1) is 4.92 Å². The highest BCUT2D eigenvalue weighted by molar-refractivity contribution is 14.1. The number of non-ortho nitro benzene ring substituents is 1. The third-order valence-corrected chi connectivity index (χ3v) is 3.68. The van der Waals surface area contributed by atoms with Crippen LogP contribution >= 0.6 is 22.6 Å². The van der Waals surface area contributed by atoms with Gasteiger partial charge in [-0.3, -0.25) is 14.9 Å². The lowest BCUT2D eigenvalue weighted by Crippen LogP contribution is -2.17. The summed E-state index contributed by atoms with van der Waals surface area (Å²) in [6, 6.07) is 4.57. The summed E-state index contributed by atoms with van der Waals surface area (Å²) in [6.45, 7) is 2.48. The molecule has 1 atom stereocenters. The van der Waals surface area contributed by atoms with Gasteiger partial charge < -0.3 is 10.4 Å². The molecular formula is C12H15IN2O4. The van der Waals surface area contributed by atoms with E-state index in [1.807, 2.05) is 29.5 Å². The molecule has 0 aliphatic rings. The van der Waals surface area contributed by atoms with Crippen LogP contribution in [-0.2, 0) is 4.79 Å². The van der Waals surface area contributed by atoms with Gasteiger partial charge in [0.15, 0.2) is 0 Å². The maximum Gasteiger partial charge on any atom is 0.303 e. The number of anilines is 1. The van der Waals surface area contributed by atoms with Crippen LogP contribution in [0.25, 0.3) is 0 Å². The third kappa shape index (κ3) is 5.01. The minimum absolute atomic E-state index is 0.0449. The van der Waals surface area contributed by atoms with Crippen molar-refractivity contribution in [3.05, 3.63) is 31.9 Å². The quantitative estimate of drug-likeness (QED) is 0.432. The van der Waals surface area contributed by atoms with Crippen molar-refractivity contribution in [1.29, 1.82) is 0 Å². The van der Waals surface area contributed by atoms with E-state index in [0.717, 1.165) is 15.7 Å². The van der Waals surface area contributed by atoms with E-state index in [4.69, 9.17) is 5.11 Å². The first-order chi connectivity index (χ1) is 8.93. The number of carboxylic acid groups (broad SMARTS) is 1. The Hall–Kier alpha value is -1.38. The molecule has 0 saturated carbocycles. The fourth-order valence-electron chi connectivity index (χ4n) is 1.62. The van der Waals surface area contributed by atoms with Gasteiger partial charge in [-0.1, -0.05) is 13.3 Å². The molecule has 0 saturated heterocycles. The standard InChI is InChI=1S/C12H15IN2O4/c1-2-8(5-12(16)17)7-14-11-4-3-9(15(18)19)6-10(11)13/h3-4,6,8,14H,2,5,7H2,1H3,(H,16,17). The predicted molar refractivity (Wildman–Crippen MR) is 80.3 cm³/mol. The van der Waals surface area contributed by atoms with Gasteiger partial charge in [0.2, 0.25) is 0 Å². The van der Waals surface area contributed by atoms with E-state index in [-0.39, 0.29) is 18.0 Å². The highest BCUT2D eigenvalue weighted by Crippen LogP contribution is 2.24. The average molecular weight is 378 g/mol. The highest BCUT2D eigenvalue weighted by Gasteiger charge is 2.13. The number of benzene rings is 1. The topological polar surface area (TPSA) is 92.5 Å². The van der Waals surface area contributed by atoms with E-state index >= 15 is 0 Å². The first-order valence-corrected chi connectivity index (χ1v) is 6.91. The number of nitro benzene ring substituents is 1. The molecular weight excluding hydrogens is 363 g/mol. The molecule has 0 aliphatic heterocycles. The number of carbonyl (C=O) groups is 1. The lowest BCUT2D eigenvalue weighted by Gasteiger charge is -2.15. The van der Waals surface area contributed by atoms with E-state index in [0.29, 0.717) is 6.54 Å². The highest BCUT2D eigenvalue weighted by atomic mass is 127. The Morgan fingerprint density at radius 2 is 2.26 bits per heavy atom. The molecule has 1 aromatic carbocycles. The molecule has 0 fully saturated rings. The number of rotatable bonds is 7. The van der Waals surface area contributed by atoms with Crippen molar-refractivity contribution in [3.8, 4) is 0 Å². The van der Waals surface area contributed by atoms with Crippen LogP contribution < -0.4 is 5.32 Å². The van der Waals surface area contributed by atoms with Crippen LogP contribution in [0.15, 0.2) is 18.2 Å². The van der Waals surface area contributed by atoms with E-state index in [1.54, 1.807) is 6.07 Å². The molecule has 7 heteroatoms. The van der Waals surface area contributed by atoms with Gasteiger partial charge in [-0.05, 0) is 34.6 Å². The number of hydrogen-bond acceptors (Lipinski definition) is 4. The van der Waals surface area contributed by atoms with Gasteiger partial charge in [0.25, 0.3) is 5.69 Å². The second-order valence-electron chi connectivity index (χ2n) is 4.17. The molecule has 1 rings (SSSR count). The second-order valence-corrected chi connectivity index (χ2v) is 5.34. The Kier molecular flexibility index (Phi) is 6.00. The smallest absolute Gasteiger partial charge is 0.303 e. The number of nitrogens with one attached hydrogen (secondary N) is 1. The summed E-state index contributed by atoms with van der Waals surface area (Å²) in [7, 11) is 0. The van der Waals surface area contributed by atoms with E-state index in [1.165, 1.54) is 12.1 Å². The largest absolute Gasteiger partial charge is 0.481 e. The minimum atomic E-state index is -0.813. The number of hydrogen-bond donors (Lipinski definition) is 2. The predicted octanol–water partition coefficient (Wildman–Crippen LogP) is 3.11. The maximum absolute atomic E-state index is 10.7. The number of nitro groups is 1. The first-order valence-electron chi connectivity index (χ1n) is 5.83. The molecule has 0 heterocycles. The van der Waals surface area contributed by atoms with Gasteiger partial charge in [-0.2, -0.15) is 0 Å². The normalized spacial score (nSPS) is 11.9. The van der Waals surface area contributed by atoms with Crippen molar-refractivity contribution in [2.24, 2.45) is 5.92 Å². The van der Waals surface area contributed by atoms with Crippen molar-refractivity contribution >= 4 is 39.9 Å². The average Bonchev–Trinajstić information content (AvgIpc) is 2.34. The third-order valence-electron chi connectivity index (χ3n) is 2.79. The van der Waals surface area contributed by atoms with Crippen LogP contribution in [0.1, 0.15) is 19.8 Å². The van der Waals surface area contributed by atoms with Crippen molar-refractivity contribution in [3.63, 3.8) is 0 Å². The van der Waals surface area contributed by atoms with E-state index in [2.05, 4.69) is 5.32 Å². The maximum atomic E-state index is 10.7. The number of halogens is 1. The molecule has 6 nitrogen and oxygen atoms in total. The Labute approximate surface area is 124 Å². The van der Waals surface area contributed by atoms with Crippen LogP contribution in [0.4, 0.5) is 11.4 Å². The summed E-state index contributed by atoms with van der Waals surface area (Å²) in [5.41, 5.74) is 0.836. The zero-order valence-corrected chi connectivity index (χ0v) is 12.6. The Balaban J connectivity index is 2.67. The Morgan fingerprint density at radius 1 is 1.58 bits per heavy atom. The monoisotopic (exact) mass is 378 g/mol. The molecule has 0 radical (unpaired) electrons. The Bertz CT molecular complexity index is 479. The van der Waals surface area contributed by atoms with Gasteiger partial charge in [0.1, 0.15) is 0 Å². The van der Waals surface area contributed by atoms with Gasteiger partial charge in [-0.25, -0.2) is 0 Å². The summed E-state index contributed by atoms with van der Waals surface area (Å²) in [5, 5.41) is 22.5. The van der Waals surface area contributed by atoms with Crippen molar-refractivity contribution in [1.82, 2.24) is 0 Å². The van der Waals surface area contributed by atoms with E-state index in [9.17, 15) is 14.9 Å².